The standard InChI is InChI=1S/C18H8Cl4N2/c19-12-3-1-4-13(20)17(12)11-9-24-16(7-10(11)8-23)18-14(21)5-2-6-15(18)22/h1-7,9H. The van der Waals surface area contributed by atoms with Gasteiger partial charge in [0.25, 0.3) is 0 Å². The minimum atomic E-state index is 0.381. The van der Waals surface area contributed by atoms with Gasteiger partial charge in [-0.3, -0.25) is 4.98 Å². The molecule has 1 heterocycles. The molecule has 0 atom stereocenters. The molecule has 0 saturated heterocycles. The van der Waals surface area contributed by atoms with Crippen molar-refractivity contribution in [2.75, 3.05) is 0 Å². The fourth-order valence-electron chi connectivity index (χ4n) is 2.38. The number of benzene rings is 2. The average Bonchev–Trinajstić information content (AvgIpc) is 2.55. The van der Waals surface area contributed by atoms with Crippen molar-refractivity contribution in [2.45, 2.75) is 0 Å². The second-order valence-electron chi connectivity index (χ2n) is 4.92. The summed E-state index contributed by atoms with van der Waals surface area (Å²) in [6.07, 6.45) is 1.56. The van der Waals surface area contributed by atoms with Crippen LogP contribution in [0.15, 0.2) is 48.7 Å². The van der Waals surface area contributed by atoms with Crippen LogP contribution in [0.4, 0.5) is 0 Å². The monoisotopic (exact) mass is 392 g/mol. The van der Waals surface area contributed by atoms with Crippen LogP contribution in [0.5, 0.6) is 0 Å². The van der Waals surface area contributed by atoms with Crippen LogP contribution in [0.2, 0.25) is 20.1 Å². The maximum Gasteiger partial charge on any atom is 0.0999 e. The first-order chi connectivity index (χ1) is 11.5. The molecule has 3 rings (SSSR count). The lowest BCUT2D eigenvalue weighted by molar-refractivity contribution is 1.31. The van der Waals surface area contributed by atoms with E-state index in [2.05, 4.69) is 11.1 Å². The highest BCUT2D eigenvalue weighted by atomic mass is 35.5. The van der Waals surface area contributed by atoms with E-state index in [0.717, 1.165) is 0 Å². The molecule has 0 saturated carbocycles. The molecule has 3 aromatic rings. The maximum absolute atomic E-state index is 9.54. The van der Waals surface area contributed by atoms with Gasteiger partial charge in [-0.05, 0) is 30.3 Å². The summed E-state index contributed by atoms with van der Waals surface area (Å²) in [5, 5.41) is 11.4. The van der Waals surface area contributed by atoms with Gasteiger partial charge in [0.15, 0.2) is 0 Å². The van der Waals surface area contributed by atoms with Gasteiger partial charge >= 0.3 is 0 Å². The van der Waals surface area contributed by atoms with Crippen LogP contribution in [0.1, 0.15) is 5.56 Å². The first-order valence-corrected chi connectivity index (χ1v) is 8.33. The number of rotatable bonds is 2. The Morgan fingerprint density at radius 3 is 1.79 bits per heavy atom. The van der Waals surface area contributed by atoms with Crippen molar-refractivity contribution in [1.29, 1.82) is 5.26 Å². The van der Waals surface area contributed by atoms with Gasteiger partial charge in [0.2, 0.25) is 0 Å². The smallest absolute Gasteiger partial charge is 0.0999 e. The Kier molecular flexibility index (Phi) is 4.99. The van der Waals surface area contributed by atoms with Crippen LogP contribution >= 0.6 is 46.4 Å². The fraction of sp³-hybridized carbons (Fsp3) is 0. The lowest BCUT2D eigenvalue weighted by atomic mass is 10.00. The Morgan fingerprint density at radius 1 is 0.792 bits per heavy atom. The number of hydrogen-bond donors (Lipinski definition) is 0. The van der Waals surface area contributed by atoms with Crippen LogP contribution in [-0.4, -0.2) is 4.98 Å². The number of hydrogen-bond acceptors (Lipinski definition) is 2. The average molecular weight is 394 g/mol. The van der Waals surface area contributed by atoms with Crippen LogP contribution in [-0.2, 0) is 0 Å². The largest absolute Gasteiger partial charge is 0.255 e. The molecule has 2 aromatic carbocycles. The highest BCUT2D eigenvalue weighted by Crippen LogP contribution is 2.39. The summed E-state index contributed by atoms with van der Waals surface area (Å²) in [5.41, 5.74) is 2.59. The fourth-order valence-corrected chi connectivity index (χ4v) is 3.57. The molecule has 0 radical (unpaired) electrons. The Bertz CT molecular complexity index is 937. The van der Waals surface area contributed by atoms with Crippen molar-refractivity contribution in [3.63, 3.8) is 0 Å². The molecule has 6 heteroatoms. The second kappa shape index (κ2) is 7.01. The van der Waals surface area contributed by atoms with E-state index < -0.39 is 0 Å². The van der Waals surface area contributed by atoms with Crippen LogP contribution in [0.3, 0.4) is 0 Å². The summed E-state index contributed by atoms with van der Waals surface area (Å²) in [4.78, 5) is 4.40. The molecule has 0 aliphatic rings. The van der Waals surface area contributed by atoms with Gasteiger partial charge in [-0.15, -0.1) is 0 Å². The summed E-state index contributed by atoms with van der Waals surface area (Å²) in [7, 11) is 0. The predicted molar refractivity (Wildman–Crippen MR) is 99.9 cm³/mol. The number of nitriles is 1. The molecule has 0 bridgehead atoms. The van der Waals surface area contributed by atoms with E-state index in [1.807, 2.05) is 0 Å². The SMILES string of the molecule is N#Cc1cc(-c2c(Cl)cccc2Cl)ncc1-c1c(Cl)cccc1Cl. The van der Waals surface area contributed by atoms with Gasteiger partial charge < -0.3 is 0 Å². The van der Waals surface area contributed by atoms with Gasteiger partial charge in [-0.1, -0.05) is 58.5 Å². The molecule has 0 amide bonds. The van der Waals surface area contributed by atoms with Gasteiger partial charge in [0.05, 0.1) is 27.4 Å². The van der Waals surface area contributed by atoms with Crippen molar-refractivity contribution < 1.29 is 0 Å². The van der Waals surface area contributed by atoms with Crippen LogP contribution in [0.25, 0.3) is 22.4 Å². The van der Waals surface area contributed by atoms with Crippen LogP contribution < -0.4 is 0 Å². The highest BCUT2D eigenvalue weighted by molar-refractivity contribution is 6.40. The summed E-state index contributed by atoms with van der Waals surface area (Å²) in [6.45, 7) is 0. The summed E-state index contributed by atoms with van der Waals surface area (Å²) in [6, 6.07) is 14.1. The van der Waals surface area contributed by atoms with Gasteiger partial charge in [0.1, 0.15) is 0 Å². The van der Waals surface area contributed by atoms with Crippen molar-refractivity contribution in [1.82, 2.24) is 4.98 Å². The van der Waals surface area contributed by atoms with Crippen molar-refractivity contribution in [2.24, 2.45) is 0 Å². The molecule has 0 N–H and O–H groups in total. The number of aromatic nitrogens is 1. The molecule has 0 unspecified atom stereocenters. The van der Waals surface area contributed by atoms with Gasteiger partial charge in [0, 0.05) is 32.9 Å². The zero-order valence-electron chi connectivity index (χ0n) is 12.0. The molecule has 0 aliphatic heterocycles. The van der Waals surface area contributed by atoms with Crippen LogP contribution in [0, 0.1) is 11.3 Å². The van der Waals surface area contributed by atoms with E-state index in [1.165, 1.54) is 0 Å². The first-order valence-electron chi connectivity index (χ1n) is 6.82. The Morgan fingerprint density at radius 2 is 1.29 bits per heavy atom. The van der Waals surface area contributed by atoms with E-state index in [1.54, 1.807) is 48.7 Å². The van der Waals surface area contributed by atoms with E-state index in [9.17, 15) is 5.26 Å². The highest BCUT2D eigenvalue weighted by Gasteiger charge is 2.16. The van der Waals surface area contributed by atoms with Crippen molar-refractivity contribution in [3.05, 3.63) is 74.3 Å². The number of pyridine rings is 1. The molecule has 2 nitrogen and oxygen atoms in total. The van der Waals surface area contributed by atoms with E-state index >= 15 is 0 Å². The first kappa shape index (κ1) is 17.1. The van der Waals surface area contributed by atoms with E-state index in [0.29, 0.717) is 48.0 Å². The topological polar surface area (TPSA) is 36.7 Å². The third-order valence-electron chi connectivity index (χ3n) is 3.48. The van der Waals surface area contributed by atoms with E-state index in [4.69, 9.17) is 46.4 Å². The molecule has 1 aromatic heterocycles. The maximum atomic E-state index is 9.54. The van der Waals surface area contributed by atoms with Gasteiger partial charge in [-0.25, -0.2) is 0 Å². The Hall–Kier alpha value is -1.76. The molecule has 0 aliphatic carbocycles. The second-order valence-corrected chi connectivity index (χ2v) is 6.55. The van der Waals surface area contributed by atoms with Crippen molar-refractivity contribution in [3.8, 4) is 28.5 Å². The molecule has 24 heavy (non-hydrogen) atoms. The normalized spacial score (nSPS) is 10.5. The van der Waals surface area contributed by atoms with E-state index in [-0.39, 0.29) is 0 Å². The molecular formula is C18H8Cl4N2. The quantitative estimate of drug-likeness (QED) is 0.474. The molecule has 118 valence electrons. The predicted octanol–water partition coefficient (Wildman–Crippen LogP) is 6.90. The third kappa shape index (κ3) is 3.09. The Labute approximate surface area is 159 Å². The molecule has 0 fully saturated rings. The number of halogens is 4. The molecular weight excluding hydrogens is 386 g/mol. The zero-order valence-corrected chi connectivity index (χ0v) is 15.0. The lowest BCUT2D eigenvalue weighted by Gasteiger charge is -2.11. The van der Waals surface area contributed by atoms with Gasteiger partial charge in [-0.2, -0.15) is 5.26 Å². The Balaban J connectivity index is 2.23. The van der Waals surface area contributed by atoms with Crippen molar-refractivity contribution >= 4 is 46.4 Å². The lowest BCUT2D eigenvalue weighted by Crippen LogP contribution is -1.93. The third-order valence-corrected chi connectivity index (χ3v) is 4.74. The summed E-state index contributed by atoms with van der Waals surface area (Å²) < 4.78 is 0. The minimum absolute atomic E-state index is 0.381. The summed E-state index contributed by atoms with van der Waals surface area (Å²) >= 11 is 24.9. The molecule has 0 spiro atoms. The zero-order chi connectivity index (χ0) is 17.3. The minimum Gasteiger partial charge on any atom is -0.255 e. The summed E-state index contributed by atoms with van der Waals surface area (Å²) in [5.74, 6) is 0. The number of nitrogens with zero attached hydrogens (tertiary/aromatic N) is 2.